The lowest BCUT2D eigenvalue weighted by molar-refractivity contribution is 0.0987. The van der Waals surface area contributed by atoms with Crippen molar-refractivity contribution in [1.82, 2.24) is 4.98 Å². The molecule has 6 heteroatoms. The van der Waals surface area contributed by atoms with Crippen LogP contribution in [0.1, 0.15) is 37.5 Å². The van der Waals surface area contributed by atoms with Crippen molar-refractivity contribution in [1.29, 1.82) is 0 Å². The van der Waals surface area contributed by atoms with Gasteiger partial charge in [-0.2, -0.15) is 0 Å². The van der Waals surface area contributed by atoms with Crippen molar-refractivity contribution in [2.24, 2.45) is 0 Å². The summed E-state index contributed by atoms with van der Waals surface area (Å²) >= 11 is 0. The van der Waals surface area contributed by atoms with Crippen molar-refractivity contribution in [3.05, 3.63) is 89.0 Å². The highest BCUT2D eigenvalue weighted by molar-refractivity contribution is 6.13. The second-order valence-corrected chi connectivity index (χ2v) is 7.85. The highest BCUT2D eigenvalue weighted by atomic mass is 16.3. The molecule has 154 valence electrons. The Hall–Kier alpha value is -3.93. The first-order chi connectivity index (χ1) is 15.0. The number of nitrogens with one attached hydrogen (secondary N) is 1. The van der Waals surface area contributed by atoms with Crippen LogP contribution in [0.15, 0.2) is 65.5 Å². The lowest BCUT2D eigenvalue weighted by Gasteiger charge is -2.17. The number of hydrogen-bond acceptors (Lipinski definition) is 4. The highest BCUT2D eigenvalue weighted by Crippen LogP contribution is 2.32. The van der Waals surface area contributed by atoms with Crippen molar-refractivity contribution < 1.29 is 14.0 Å². The average molecular weight is 411 g/mol. The summed E-state index contributed by atoms with van der Waals surface area (Å²) in [6.45, 7) is 4.49. The van der Waals surface area contributed by atoms with E-state index in [-0.39, 0.29) is 11.8 Å². The third-order valence-corrected chi connectivity index (χ3v) is 5.58. The molecule has 0 bridgehead atoms. The zero-order valence-corrected chi connectivity index (χ0v) is 17.3. The zero-order chi connectivity index (χ0) is 21.5. The number of nitrogens with zero attached hydrogens (tertiary/aromatic N) is 2. The zero-order valence-electron chi connectivity index (χ0n) is 17.3. The largest absolute Gasteiger partial charge is 0.472 e. The summed E-state index contributed by atoms with van der Waals surface area (Å²) in [6.07, 6.45) is 3.69. The predicted molar refractivity (Wildman–Crippen MR) is 120 cm³/mol. The summed E-state index contributed by atoms with van der Waals surface area (Å²) in [6, 6.07) is 15.1. The molecular weight excluding hydrogens is 390 g/mol. The number of amides is 2. The molecule has 0 spiro atoms. The number of aromatic nitrogens is 1. The Labute approximate surface area is 179 Å². The number of carbonyl (C=O) groups is 2. The highest BCUT2D eigenvalue weighted by Gasteiger charge is 2.26. The molecule has 31 heavy (non-hydrogen) atoms. The van der Waals surface area contributed by atoms with Gasteiger partial charge in [0.2, 0.25) is 0 Å². The van der Waals surface area contributed by atoms with Gasteiger partial charge < -0.3 is 14.6 Å². The molecule has 5 rings (SSSR count). The minimum Gasteiger partial charge on any atom is -0.472 e. The lowest BCUT2D eigenvalue weighted by Crippen LogP contribution is -2.28. The molecule has 4 aromatic rings. The summed E-state index contributed by atoms with van der Waals surface area (Å²) in [5.74, 6) is -0.260. The minimum atomic E-state index is -0.176. The van der Waals surface area contributed by atoms with Gasteiger partial charge in [0.1, 0.15) is 6.26 Å². The fraction of sp³-hybridized carbons (Fsp3) is 0.160. The number of rotatable bonds is 3. The molecule has 1 aliphatic heterocycles. The van der Waals surface area contributed by atoms with Crippen LogP contribution in [0.5, 0.6) is 0 Å². The van der Waals surface area contributed by atoms with Gasteiger partial charge in [-0.05, 0) is 68.3 Å². The molecule has 1 aliphatic rings. The van der Waals surface area contributed by atoms with Crippen molar-refractivity contribution in [3.63, 3.8) is 0 Å². The molecule has 1 N–H and O–H groups in total. The molecule has 0 saturated carbocycles. The number of furan rings is 1. The monoisotopic (exact) mass is 411 g/mol. The maximum atomic E-state index is 13.1. The van der Waals surface area contributed by atoms with Crippen LogP contribution in [0.2, 0.25) is 0 Å². The van der Waals surface area contributed by atoms with Crippen LogP contribution in [-0.2, 0) is 6.42 Å². The first-order valence-electron chi connectivity index (χ1n) is 10.2. The van der Waals surface area contributed by atoms with Gasteiger partial charge in [-0.25, -0.2) is 0 Å². The van der Waals surface area contributed by atoms with Crippen molar-refractivity contribution in [2.45, 2.75) is 20.3 Å². The van der Waals surface area contributed by atoms with Gasteiger partial charge >= 0.3 is 0 Å². The van der Waals surface area contributed by atoms with Gasteiger partial charge in [0.05, 0.1) is 22.9 Å². The Kier molecular flexibility index (Phi) is 4.55. The van der Waals surface area contributed by atoms with Gasteiger partial charge in [-0.1, -0.05) is 11.6 Å². The number of aryl methyl sites for hydroxylation is 2. The molecule has 0 aliphatic carbocycles. The summed E-state index contributed by atoms with van der Waals surface area (Å²) < 4.78 is 5.03. The maximum absolute atomic E-state index is 13.1. The summed E-state index contributed by atoms with van der Waals surface area (Å²) in [5.41, 5.74) is 6.40. The molecule has 2 aromatic heterocycles. The number of carbonyl (C=O) groups excluding carboxylic acids is 2. The van der Waals surface area contributed by atoms with Crippen molar-refractivity contribution >= 4 is 34.1 Å². The number of pyridine rings is 1. The third-order valence-electron chi connectivity index (χ3n) is 5.58. The molecule has 2 aromatic carbocycles. The summed E-state index contributed by atoms with van der Waals surface area (Å²) in [4.78, 5) is 32.1. The Morgan fingerprint density at radius 2 is 1.94 bits per heavy atom. The molecule has 0 unspecified atom stereocenters. The maximum Gasteiger partial charge on any atom is 0.261 e. The normalized spacial score (nSPS) is 12.8. The number of anilines is 2. The molecule has 0 atom stereocenters. The van der Waals surface area contributed by atoms with Crippen LogP contribution in [-0.4, -0.2) is 23.3 Å². The van der Waals surface area contributed by atoms with E-state index in [1.807, 2.05) is 56.3 Å². The number of benzene rings is 2. The van der Waals surface area contributed by atoms with Gasteiger partial charge in [0.15, 0.2) is 0 Å². The minimum absolute atomic E-state index is 0.0848. The fourth-order valence-corrected chi connectivity index (χ4v) is 4.09. The Morgan fingerprint density at radius 1 is 1.06 bits per heavy atom. The molecule has 0 fully saturated rings. The SMILES string of the molecule is Cc1ccc2nc(C)cc(C(=O)Nc3ccc4c(c3)CCN4C(=O)c3ccoc3)c2c1. The molecule has 0 saturated heterocycles. The number of fused-ring (bicyclic) bond motifs is 2. The molecule has 0 radical (unpaired) electrons. The predicted octanol–water partition coefficient (Wildman–Crippen LogP) is 4.90. The first kappa shape index (κ1) is 19.1. The Morgan fingerprint density at radius 3 is 2.74 bits per heavy atom. The van der Waals surface area contributed by atoms with Crippen LogP contribution in [0, 0.1) is 13.8 Å². The van der Waals surface area contributed by atoms with E-state index in [9.17, 15) is 9.59 Å². The van der Waals surface area contributed by atoms with E-state index in [0.717, 1.165) is 39.8 Å². The molecule has 3 heterocycles. The summed E-state index contributed by atoms with van der Waals surface area (Å²) in [7, 11) is 0. The van der Waals surface area contributed by atoms with E-state index in [4.69, 9.17) is 4.42 Å². The third kappa shape index (κ3) is 3.46. The van der Waals surface area contributed by atoms with Crippen LogP contribution in [0.4, 0.5) is 11.4 Å². The van der Waals surface area contributed by atoms with Crippen LogP contribution >= 0.6 is 0 Å². The summed E-state index contributed by atoms with van der Waals surface area (Å²) in [5, 5.41) is 3.85. The molecule has 2 amide bonds. The van der Waals surface area contributed by atoms with Gasteiger partial charge in [-0.3, -0.25) is 14.6 Å². The standard InChI is InChI=1S/C25H21N3O3/c1-15-3-5-22-20(11-15)21(12-16(2)26-22)24(29)27-19-4-6-23-17(13-19)7-9-28(23)25(30)18-8-10-31-14-18/h3-6,8,10-14H,7,9H2,1-2H3,(H,27,29). The van der Waals surface area contributed by atoms with Crippen LogP contribution in [0.25, 0.3) is 10.9 Å². The van der Waals surface area contributed by atoms with Gasteiger partial charge in [-0.15, -0.1) is 0 Å². The fourth-order valence-electron chi connectivity index (χ4n) is 4.09. The van der Waals surface area contributed by atoms with Gasteiger partial charge in [0.25, 0.3) is 11.8 Å². The Balaban J connectivity index is 1.42. The average Bonchev–Trinajstić information content (AvgIpc) is 3.43. The van der Waals surface area contributed by atoms with Gasteiger partial charge in [0, 0.05) is 29.0 Å². The Bertz CT molecular complexity index is 1330. The topological polar surface area (TPSA) is 75.4 Å². The van der Waals surface area contributed by atoms with E-state index in [2.05, 4.69) is 10.3 Å². The number of hydrogen-bond donors (Lipinski definition) is 1. The van der Waals surface area contributed by atoms with E-state index in [1.165, 1.54) is 12.5 Å². The van der Waals surface area contributed by atoms with E-state index in [0.29, 0.717) is 23.4 Å². The smallest absolute Gasteiger partial charge is 0.261 e. The second kappa shape index (κ2) is 7.40. The van der Waals surface area contributed by atoms with E-state index in [1.54, 1.807) is 11.0 Å². The second-order valence-electron chi connectivity index (χ2n) is 7.85. The quantitative estimate of drug-likeness (QED) is 0.520. The van der Waals surface area contributed by atoms with Crippen molar-refractivity contribution in [2.75, 3.05) is 16.8 Å². The van der Waals surface area contributed by atoms with E-state index >= 15 is 0 Å². The first-order valence-corrected chi connectivity index (χ1v) is 10.2. The van der Waals surface area contributed by atoms with Crippen molar-refractivity contribution in [3.8, 4) is 0 Å². The molecular formula is C25H21N3O3. The van der Waals surface area contributed by atoms with Crippen LogP contribution in [0.3, 0.4) is 0 Å². The van der Waals surface area contributed by atoms with Crippen LogP contribution < -0.4 is 10.2 Å². The molecule has 6 nitrogen and oxygen atoms in total. The lowest BCUT2D eigenvalue weighted by atomic mass is 10.0. The van der Waals surface area contributed by atoms with E-state index < -0.39 is 0 Å².